The minimum Gasteiger partial charge on any atom is -0.306 e. The van der Waals surface area contributed by atoms with Gasteiger partial charge in [0.15, 0.2) is 0 Å². The minimum atomic E-state index is 0.462. The summed E-state index contributed by atoms with van der Waals surface area (Å²) >= 11 is 0. The lowest BCUT2D eigenvalue weighted by Gasteiger charge is -2.57. The van der Waals surface area contributed by atoms with Crippen LogP contribution >= 0.6 is 0 Å². The van der Waals surface area contributed by atoms with Gasteiger partial charge in [-0.1, -0.05) is 6.92 Å². The Morgan fingerprint density at radius 1 is 1.14 bits per heavy atom. The zero-order valence-electron chi connectivity index (χ0n) is 13.6. The molecule has 1 N–H and O–H groups in total. The van der Waals surface area contributed by atoms with E-state index in [2.05, 4.69) is 35.0 Å². The van der Waals surface area contributed by atoms with Crippen molar-refractivity contribution in [3.8, 4) is 0 Å². The van der Waals surface area contributed by atoms with E-state index < -0.39 is 0 Å². The maximum absolute atomic E-state index is 4.69. The first-order chi connectivity index (χ1) is 10.2. The normalized spacial score (nSPS) is 37.3. The molecule has 21 heavy (non-hydrogen) atoms. The molecular weight excluding hydrogens is 258 g/mol. The third kappa shape index (κ3) is 2.44. The average molecular weight is 287 g/mol. The van der Waals surface area contributed by atoms with E-state index in [1.54, 1.807) is 0 Å². The van der Waals surface area contributed by atoms with Gasteiger partial charge in [0, 0.05) is 18.6 Å². The summed E-state index contributed by atoms with van der Waals surface area (Å²) < 4.78 is 2.19. The number of hydrogen-bond acceptors (Lipinski definition) is 2. The van der Waals surface area contributed by atoms with Gasteiger partial charge in [-0.25, -0.2) is 0 Å². The zero-order chi connectivity index (χ0) is 14.4. The van der Waals surface area contributed by atoms with Crippen molar-refractivity contribution in [1.29, 1.82) is 0 Å². The van der Waals surface area contributed by atoms with Crippen molar-refractivity contribution in [3.63, 3.8) is 0 Å². The fraction of sp³-hybridized carbons (Fsp3) is 0.833. The summed E-state index contributed by atoms with van der Waals surface area (Å²) in [6, 6.07) is 2.30. The molecular formula is C18H29N3. The topological polar surface area (TPSA) is 29.9 Å². The van der Waals surface area contributed by atoms with Crippen LogP contribution in [0.5, 0.6) is 0 Å². The Labute approximate surface area is 128 Å². The van der Waals surface area contributed by atoms with Crippen molar-refractivity contribution in [2.75, 3.05) is 0 Å². The van der Waals surface area contributed by atoms with Crippen LogP contribution in [0.3, 0.4) is 0 Å². The monoisotopic (exact) mass is 287 g/mol. The molecule has 0 atom stereocenters. The molecule has 1 aromatic heterocycles. The first-order valence-corrected chi connectivity index (χ1v) is 9.00. The number of aryl methyl sites for hydroxylation is 2. The van der Waals surface area contributed by atoms with E-state index in [0.29, 0.717) is 5.54 Å². The van der Waals surface area contributed by atoms with Gasteiger partial charge in [0.25, 0.3) is 0 Å². The van der Waals surface area contributed by atoms with Crippen molar-refractivity contribution in [3.05, 3.63) is 17.5 Å². The summed E-state index contributed by atoms with van der Waals surface area (Å²) in [7, 11) is 0. The molecule has 0 saturated heterocycles. The van der Waals surface area contributed by atoms with Crippen molar-refractivity contribution in [1.82, 2.24) is 15.1 Å². The summed E-state index contributed by atoms with van der Waals surface area (Å²) in [5, 5.41) is 8.68. The number of nitrogens with zero attached hydrogens (tertiary/aromatic N) is 2. The summed E-state index contributed by atoms with van der Waals surface area (Å²) in [6.07, 6.45) is 9.90. The Morgan fingerprint density at radius 3 is 2.29 bits per heavy atom. The van der Waals surface area contributed by atoms with Crippen molar-refractivity contribution < 1.29 is 0 Å². The molecule has 0 spiro atoms. The van der Waals surface area contributed by atoms with E-state index in [9.17, 15) is 0 Å². The van der Waals surface area contributed by atoms with Gasteiger partial charge in [0.1, 0.15) is 0 Å². The first kappa shape index (κ1) is 13.8. The Hall–Kier alpha value is -0.830. The van der Waals surface area contributed by atoms with Gasteiger partial charge in [0.2, 0.25) is 0 Å². The molecule has 4 saturated carbocycles. The molecule has 3 heteroatoms. The summed E-state index contributed by atoms with van der Waals surface area (Å²) in [5.41, 5.74) is 3.08. The Kier molecular flexibility index (Phi) is 3.36. The smallest absolute Gasteiger partial charge is 0.0625 e. The van der Waals surface area contributed by atoms with E-state index in [-0.39, 0.29) is 0 Å². The van der Waals surface area contributed by atoms with Crippen molar-refractivity contribution in [2.24, 2.45) is 17.8 Å². The highest BCUT2D eigenvalue weighted by molar-refractivity contribution is 5.12. The van der Waals surface area contributed by atoms with E-state index in [0.717, 1.165) is 37.3 Å². The highest BCUT2D eigenvalue weighted by Gasteiger charge is 2.50. The van der Waals surface area contributed by atoms with Crippen molar-refractivity contribution >= 4 is 0 Å². The van der Waals surface area contributed by atoms with Gasteiger partial charge in [0.05, 0.1) is 11.4 Å². The lowest BCUT2D eigenvalue weighted by atomic mass is 9.53. The molecule has 1 aromatic rings. The molecule has 5 rings (SSSR count). The summed E-state index contributed by atoms with van der Waals surface area (Å²) in [6.45, 7) is 6.38. The molecule has 0 aliphatic heterocycles. The fourth-order valence-corrected chi connectivity index (χ4v) is 5.71. The molecule has 4 aliphatic rings. The molecule has 4 aliphatic carbocycles. The van der Waals surface area contributed by atoms with Gasteiger partial charge < -0.3 is 5.32 Å². The lowest BCUT2D eigenvalue weighted by molar-refractivity contribution is -0.0208. The predicted molar refractivity (Wildman–Crippen MR) is 85.0 cm³/mol. The molecule has 0 unspecified atom stereocenters. The van der Waals surface area contributed by atoms with Crippen LogP contribution < -0.4 is 5.32 Å². The summed E-state index contributed by atoms with van der Waals surface area (Å²) in [4.78, 5) is 0. The number of aromatic nitrogens is 2. The second-order valence-electron chi connectivity index (χ2n) is 7.85. The van der Waals surface area contributed by atoms with Gasteiger partial charge in [-0.2, -0.15) is 5.10 Å². The maximum Gasteiger partial charge on any atom is 0.0625 e. The quantitative estimate of drug-likeness (QED) is 0.898. The molecule has 0 aromatic carbocycles. The van der Waals surface area contributed by atoms with Gasteiger partial charge in [-0.3, -0.25) is 4.68 Å². The second kappa shape index (κ2) is 5.12. The third-order valence-corrected chi connectivity index (χ3v) is 6.26. The van der Waals surface area contributed by atoms with Crippen LogP contribution in [-0.2, 0) is 19.5 Å². The Bertz CT molecular complexity index is 481. The van der Waals surface area contributed by atoms with Gasteiger partial charge in [-0.05, 0) is 75.7 Å². The molecule has 4 bridgehead atoms. The predicted octanol–water partition coefficient (Wildman–Crippen LogP) is 3.52. The standard InChI is InChI=1S/C18H29N3/c1-3-16-8-17(21(4-2)20-16)12-19-18-9-13-5-14(10-18)7-15(6-13)11-18/h8,13-15,19H,3-7,9-12H2,1-2H3. The number of nitrogens with one attached hydrogen (secondary N) is 1. The first-order valence-electron chi connectivity index (χ1n) is 9.00. The highest BCUT2D eigenvalue weighted by Crippen LogP contribution is 2.55. The zero-order valence-corrected chi connectivity index (χ0v) is 13.6. The van der Waals surface area contributed by atoms with Crippen LogP contribution in [0.4, 0.5) is 0 Å². The second-order valence-corrected chi connectivity index (χ2v) is 7.85. The summed E-state index contributed by atoms with van der Waals surface area (Å²) in [5.74, 6) is 3.06. The molecule has 116 valence electrons. The van der Waals surface area contributed by atoms with Crippen LogP contribution in [0.15, 0.2) is 6.07 Å². The van der Waals surface area contributed by atoms with Gasteiger partial charge >= 0.3 is 0 Å². The van der Waals surface area contributed by atoms with E-state index >= 15 is 0 Å². The highest BCUT2D eigenvalue weighted by atomic mass is 15.3. The fourth-order valence-electron chi connectivity index (χ4n) is 5.71. The van der Waals surface area contributed by atoms with Gasteiger partial charge in [-0.15, -0.1) is 0 Å². The van der Waals surface area contributed by atoms with E-state index in [1.165, 1.54) is 49.9 Å². The average Bonchev–Trinajstić information content (AvgIpc) is 2.86. The van der Waals surface area contributed by atoms with E-state index in [4.69, 9.17) is 0 Å². The minimum absolute atomic E-state index is 0.462. The van der Waals surface area contributed by atoms with Crippen LogP contribution in [0.2, 0.25) is 0 Å². The number of rotatable bonds is 5. The molecule has 0 radical (unpaired) electrons. The molecule has 1 heterocycles. The van der Waals surface area contributed by atoms with Crippen LogP contribution in [0, 0.1) is 17.8 Å². The Morgan fingerprint density at radius 2 is 1.76 bits per heavy atom. The lowest BCUT2D eigenvalue weighted by Crippen LogP contribution is -2.58. The van der Waals surface area contributed by atoms with Crippen LogP contribution in [0.25, 0.3) is 0 Å². The molecule has 4 fully saturated rings. The van der Waals surface area contributed by atoms with Crippen molar-refractivity contribution in [2.45, 2.75) is 77.4 Å². The molecule has 0 amide bonds. The van der Waals surface area contributed by atoms with Crippen LogP contribution in [-0.4, -0.2) is 15.3 Å². The SMILES string of the molecule is CCc1cc(CNC23CC4CC(CC(C4)C2)C3)n(CC)n1. The largest absolute Gasteiger partial charge is 0.306 e. The Balaban J connectivity index is 1.48. The van der Waals surface area contributed by atoms with E-state index in [1.807, 2.05) is 0 Å². The number of hydrogen-bond donors (Lipinski definition) is 1. The maximum atomic E-state index is 4.69. The molecule has 3 nitrogen and oxygen atoms in total. The van der Waals surface area contributed by atoms with Crippen LogP contribution in [0.1, 0.15) is 63.8 Å². The third-order valence-electron chi connectivity index (χ3n) is 6.26.